The lowest BCUT2D eigenvalue weighted by Crippen LogP contribution is -2.24. The van der Waals surface area contributed by atoms with Crippen molar-refractivity contribution in [3.05, 3.63) is 102 Å². The standard InChI is InChI=1S/C23H19N3O2/c24-15-22(20-9-5-2-6-10-20)23(27)26-25-16-18-11-13-21(14-12-18)28-17-19-7-3-1-4-8-19/h1-14,16,22H,17H2,(H,26,27)/b25-16-/t22-/m1/s1. The summed E-state index contributed by atoms with van der Waals surface area (Å²) in [4.78, 5) is 12.2. The van der Waals surface area contributed by atoms with Crippen molar-refractivity contribution in [2.24, 2.45) is 5.10 Å². The van der Waals surface area contributed by atoms with Crippen LogP contribution in [0.2, 0.25) is 0 Å². The third-order valence-corrected chi connectivity index (χ3v) is 4.04. The van der Waals surface area contributed by atoms with Crippen LogP contribution < -0.4 is 10.2 Å². The molecular formula is C23H19N3O2. The van der Waals surface area contributed by atoms with Gasteiger partial charge >= 0.3 is 0 Å². The van der Waals surface area contributed by atoms with Crippen LogP contribution in [0.5, 0.6) is 5.75 Å². The second-order valence-corrected chi connectivity index (χ2v) is 6.05. The average Bonchev–Trinajstić information content (AvgIpc) is 2.75. The van der Waals surface area contributed by atoms with E-state index >= 15 is 0 Å². The molecule has 1 N–H and O–H groups in total. The number of amides is 1. The molecule has 3 aromatic carbocycles. The van der Waals surface area contributed by atoms with E-state index in [9.17, 15) is 10.1 Å². The Morgan fingerprint density at radius 2 is 1.64 bits per heavy atom. The highest BCUT2D eigenvalue weighted by atomic mass is 16.5. The van der Waals surface area contributed by atoms with Gasteiger partial charge in [-0.1, -0.05) is 60.7 Å². The van der Waals surface area contributed by atoms with Crippen molar-refractivity contribution in [2.45, 2.75) is 12.5 Å². The topological polar surface area (TPSA) is 74.5 Å². The van der Waals surface area contributed by atoms with Crippen molar-refractivity contribution in [2.75, 3.05) is 0 Å². The molecule has 0 saturated heterocycles. The predicted molar refractivity (Wildman–Crippen MR) is 108 cm³/mol. The first-order chi connectivity index (χ1) is 13.8. The maximum atomic E-state index is 12.2. The SMILES string of the molecule is N#C[C@@H](C(=O)N/N=C\c1ccc(OCc2ccccc2)cc1)c1ccccc1. The molecule has 138 valence electrons. The summed E-state index contributed by atoms with van der Waals surface area (Å²) >= 11 is 0. The van der Waals surface area contributed by atoms with Gasteiger partial charge in [0.05, 0.1) is 12.3 Å². The highest BCUT2D eigenvalue weighted by molar-refractivity contribution is 5.88. The van der Waals surface area contributed by atoms with Gasteiger partial charge in [-0.05, 0) is 41.0 Å². The summed E-state index contributed by atoms with van der Waals surface area (Å²) in [5.74, 6) is -0.612. The molecule has 3 rings (SSSR count). The van der Waals surface area contributed by atoms with E-state index in [0.29, 0.717) is 12.2 Å². The third kappa shape index (κ3) is 5.29. The molecule has 1 amide bonds. The molecule has 3 aromatic rings. The van der Waals surface area contributed by atoms with Crippen LogP contribution in [0.4, 0.5) is 0 Å². The van der Waals surface area contributed by atoms with Crippen LogP contribution in [0.1, 0.15) is 22.6 Å². The molecule has 0 saturated carbocycles. The zero-order valence-electron chi connectivity index (χ0n) is 15.2. The maximum Gasteiger partial charge on any atom is 0.261 e. The Morgan fingerprint density at radius 1 is 1.00 bits per heavy atom. The number of nitriles is 1. The van der Waals surface area contributed by atoms with E-state index in [0.717, 1.165) is 16.9 Å². The van der Waals surface area contributed by atoms with Gasteiger partial charge in [-0.2, -0.15) is 10.4 Å². The van der Waals surface area contributed by atoms with Crippen molar-refractivity contribution in [1.82, 2.24) is 5.43 Å². The lowest BCUT2D eigenvalue weighted by Gasteiger charge is -2.07. The fourth-order valence-electron chi connectivity index (χ4n) is 2.56. The van der Waals surface area contributed by atoms with Crippen molar-refractivity contribution in [3.63, 3.8) is 0 Å². The summed E-state index contributed by atoms with van der Waals surface area (Å²) in [7, 11) is 0. The van der Waals surface area contributed by atoms with Gasteiger partial charge < -0.3 is 4.74 Å². The number of hydrogen-bond acceptors (Lipinski definition) is 4. The van der Waals surface area contributed by atoms with E-state index in [1.54, 1.807) is 24.3 Å². The summed E-state index contributed by atoms with van der Waals surface area (Å²) < 4.78 is 5.73. The molecule has 0 aliphatic carbocycles. The molecule has 0 spiro atoms. The van der Waals surface area contributed by atoms with Crippen LogP contribution in [0.25, 0.3) is 0 Å². The molecule has 5 heteroatoms. The first-order valence-electron chi connectivity index (χ1n) is 8.80. The molecule has 0 unspecified atom stereocenters. The van der Waals surface area contributed by atoms with Crippen LogP contribution in [-0.2, 0) is 11.4 Å². The molecular weight excluding hydrogens is 350 g/mol. The average molecular weight is 369 g/mol. The second kappa shape index (κ2) is 9.70. The van der Waals surface area contributed by atoms with E-state index in [4.69, 9.17) is 4.74 Å². The Labute approximate surface area is 163 Å². The quantitative estimate of drug-likeness (QED) is 0.505. The largest absolute Gasteiger partial charge is 0.489 e. The van der Waals surface area contributed by atoms with Gasteiger partial charge in [0.2, 0.25) is 0 Å². The minimum absolute atomic E-state index is 0.465. The fraction of sp³-hybridized carbons (Fsp3) is 0.0870. The monoisotopic (exact) mass is 369 g/mol. The smallest absolute Gasteiger partial charge is 0.261 e. The number of ether oxygens (including phenoxy) is 1. The van der Waals surface area contributed by atoms with Gasteiger partial charge in [-0.25, -0.2) is 5.43 Å². The van der Waals surface area contributed by atoms with Crippen LogP contribution in [0.3, 0.4) is 0 Å². The number of rotatable bonds is 7. The molecule has 0 bridgehead atoms. The summed E-state index contributed by atoms with van der Waals surface area (Å²) in [6.07, 6.45) is 1.53. The lowest BCUT2D eigenvalue weighted by molar-refractivity contribution is -0.121. The molecule has 0 heterocycles. The number of nitrogens with one attached hydrogen (secondary N) is 1. The Morgan fingerprint density at radius 3 is 2.29 bits per heavy atom. The van der Waals surface area contributed by atoms with E-state index in [1.165, 1.54) is 6.21 Å². The van der Waals surface area contributed by atoms with E-state index in [-0.39, 0.29) is 0 Å². The van der Waals surface area contributed by atoms with Crippen molar-refractivity contribution in [1.29, 1.82) is 5.26 Å². The molecule has 5 nitrogen and oxygen atoms in total. The first-order valence-corrected chi connectivity index (χ1v) is 8.80. The minimum Gasteiger partial charge on any atom is -0.489 e. The number of benzene rings is 3. The van der Waals surface area contributed by atoms with Gasteiger partial charge in [0.25, 0.3) is 5.91 Å². The normalized spacial score (nSPS) is 11.5. The van der Waals surface area contributed by atoms with E-state index in [1.807, 2.05) is 66.7 Å². The molecule has 0 aliphatic heterocycles. The van der Waals surface area contributed by atoms with Crippen LogP contribution in [-0.4, -0.2) is 12.1 Å². The fourth-order valence-corrected chi connectivity index (χ4v) is 2.56. The number of carbonyl (C=O) groups is 1. The van der Waals surface area contributed by atoms with Crippen molar-refractivity contribution in [3.8, 4) is 11.8 Å². The Hall–Kier alpha value is -3.91. The third-order valence-electron chi connectivity index (χ3n) is 4.04. The predicted octanol–water partition coefficient (Wildman–Crippen LogP) is 4.02. The molecule has 0 aromatic heterocycles. The number of hydrogen-bond donors (Lipinski definition) is 1. The summed E-state index contributed by atoms with van der Waals surface area (Å²) in [5, 5.41) is 13.2. The summed E-state index contributed by atoms with van der Waals surface area (Å²) in [5.41, 5.74) is 4.96. The molecule has 0 fully saturated rings. The molecule has 0 radical (unpaired) electrons. The number of hydrazone groups is 1. The Balaban J connectivity index is 1.53. The summed E-state index contributed by atoms with van der Waals surface area (Å²) in [6, 6.07) is 28.2. The van der Waals surface area contributed by atoms with Crippen LogP contribution in [0, 0.1) is 11.3 Å². The highest BCUT2D eigenvalue weighted by Crippen LogP contribution is 2.15. The van der Waals surface area contributed by atoms with Crippen LogP contribution >= 0.6 is 0 Å². The van der Waals surface area contributed by atoms with Gasteiger partial charge in [-0.3, -0.25) is 4.79 Å². The number of nitrogens with zero attached hydrogens (tertiary/aromatic N) is 2. The van der Waals surface area contributed by atoms with E-state index in [2.05, 4.69) is 10.5 Å². The van der Waals surface area contributed by atoms with Gasteiger partial charge in [0.15, 0.2) is 5.92 Å². The molecule has 1 atom stereocenters. The zero-order valence-corrected chi connectivity index (χ0v) is 15.2. The van der Waals surface area contributed by atoms with Crippen molar-refractivity contribution < 1.29 is 9.53 Å². The van der Waals surface area contributed by atoms with Crippen LogP contribution in [0.15, 0.2) is 90.0 Å². The summed E-state index contributed by atoms with van der Waals surface area (Å²) in [6.45, 7) is 0.499. The Kier molecular flexibility index (Phi) is 6.53. The van der Waals surface area contributed by atoms with E-state index < -0.39 is 11.8 Å². The molecule has 0 aliphatic rings. The number of carbonyl (C=O) groups excluding carboxylic acids is 1. The maximum absolute atomic E-state index is 12.2. The lowest BCUT2D eigenvalue weighted by atomic mass is 10.0. The second-order valence-electron chi connectivity index (χ2n) is 6.05. The highest BCUT2D eigenvalue weighted by Gasteiger charge is 2.19. The minimum atomic E-state index is -0.896. The molecule has 28 heavy (non-hydrogen) atoms. The van der Waals surface area contributed by atoms with Crippen molar-refractivity contribution >= 4 is 12.1 Å². The van der Waals surface area contributed by atoms with Gasteiger partial charge in [-0.15, -0.1) is 0 Å². The zero-order chi connectivity index (χ0) is 19.6. The first kappa shape index (κ1) is 18.9. The van der Waals surface area contributed by atoms with Gasteiger partial charge in [0.1, 0.15) is 12.4 Å². The Bertz CT molecular complexity index is 962. The van der Waals surface area contributed by atoms with Gasteiger partial charge in [0, 0.05) is 0 Å².